The molecule has 1 aliphatic heterocycles. The minimum atomic E-state index is -0.425. The molecule has 1 aliphatic rings. The van der Waals surface area contributed by atoms with Crippen molar-refractivity contribution in [3.05, 3.63) is 34.4 Å². The van der Waals surface area contributed by atoms with E-state index in [0.717, 1.165) is 31.9 Å². The number of hydrogen-bond acceptors (Lipinski definition) is 4. The van der Waals surface area contributed by atoms with Gasteiger partial charge in [-0.3, -0.25) is 10.1 Å². The van der Waals surface area contributed by atoms with Crippen LogP contribution in [-0.4, -0.2) is 48.9 Å². The highest BCUT2D eigenvalue weighted by Crippen LogP contribution is 2.15. The molecule has 0 spiro atoms. The summed E-state index contributed by atoms with van der Waals surface area (Å²) in [5.74, 6) is 0.677. The minimum Gasteiger partial charge on any atom is -0.365 e. The van der Waals surface area contributed by atoms with Gasteiger partial charge in [0.15, 0.2) is 5.11 Å². The van der Waals surface area contributed by atoms with Gasteiger partial charge in [0.1, 0.15) is 19.2 Å². The van der Waals surface area contributed by atoms with Crippen LogP contribution < -0.4 is 15.5 Å². The Labute approximate surface area is 147 Å². The smallest absolute Gasteiger partial charge is 0.269 e. The molecule has 1 fully saturated rings. The average molecular weight is 353 g/mol. The van der Waals surface area contributed by atoms with Crippen molar-refractivity contribution >= 4 is 28.7 Å². The molecular weight excluding hydrogens is 328 g/mol. The standard InChI is InChI=1S/C16H24N4O3S/c1-12(2)10-19-7-8-23-15(11-19)9-17-16(24)18-13-3-5-14(6-4-13)20(21)22/h3-6,12,15H,7-11H2,1-2H3,(H2,17,18,24)/p+1/t15-/m1/s1. The number of anilines is 1. The van der Waals surface area contributed by atoms with Gasteiger partial charge in [0.05, 0.1) is 18.1 Å². The Morgan fingerprint density at radius 1 is 1.46 bits per heavy atom. The summed E-state index contributed by atoms with van der Waals surface area (Å²) in [7, 11) is 0. The number of quaternary nitrogens is 1. The number of benzene rings is 1. The maximum absolute atomic E-state index is 10.6. The molecule has 0 aliphatic carbocycles. The van der Waals surface area contributed by atoms with Crippen LogP contribution in [0.3, 0.4) is 0 Å². The normalized spacial score (nSPS) is 20.6. The molecule has 0 amide bonds. The Morgan fingerprint density at radius 3 is 2.79 bits per heavy atom. The van der Waals surface area contributed by atoms with Crippen molar-refractivity contribution in [2.75, 3.05) is 38.1 Å². The van der Waals surface area contributed by atoms with Crippen LogP contribution in [0.2, 0.25) is 0 Å². The van der Waals surface area contributed by atoms with Crippen LogP contribution in [-0.2, 0) is 4.74 Å². The Kier molecular flexibility index (Phi) is 6.89. The lowest BCUT2D eigenvalue weighted by atomic mass is 10.2. The molecule has 2 atom stereocenters. The fraction of sp³-hybridized carbons (Fsp3) is 0.562. The van der Waals surface area contributed by atoms with Crippen molar-refractivity contribution in [3.63, 3.8) is 0 Å². The van der Waals surface area contributed by atoms with Crippen LogP contribution in [0.25, 0.3) is 0 Å². The van der Waals surface area contributed by atoms with Crippen LogP contribution in [0.1, 0.15) is 13.8 Å². The van der Waals surface area contributed by atoms with Crippen molar-refractivity contribution in [3.8, 4) is 0 Å². The quantitative estimate of drug-likeness (QED) is 0.399. The van der Waals surface area contributed by atoms with E-state index >= 15 is 0 Å². The molecule has 7 nitrogen and oxygen atoms in total. The van der Waals surface area contributed by atoms with Crippen molar-refractivity contribution in [1.82, 2.24) is 5.32 Å². The third-order valence-electron chi connectivity index (χ3n) is 3.85. The molecule has 0 bridgehead atoms. The van der Waals surface area contributed by atoms with E-state index in [2.05, 4.69) is 24.5 Å². The second-order valence-corrected chi connectivity index (χ2v) is 6.84. The number of ether oxygens (including phenoxy) is 1. The third kappa shape index (κ3) is 6.03. The molecule has 1 aromatic carbocycles. The van der Waals surface area contributed by atoms with Gasteiger partial charge in [-0.25, -0.2) is 0 Å². The molecule has 1 aromatic rings. The maximum atomic E-state index is 10.6. The highest BCUT2D eigenvalue weighted by atomic mass is 32.1. The maximum Gasteiger partial charge on any atom is 0.269 e. The summed E-state index contributed by atoms with van der Waals surface area (Å²) in [5.41, 5.74) is 0.776. The molecule has 24 heavy (non-hydrogen) atoms. The first-order valence-electron chi connectivity index (χ1n) is 8.18. The van der Waals surface area contributed by atoms with Crippen molar-refractivity contribution < 1.29 is 14.6 Å². The number of thiocarbonyl (C=S) groups is 1. The lowest BCUT2D eigenvalue weighted by Gasteiger charge is -2.31. The van der Waals surface area contributed by atoms with Gasteiger partial charge in [-0.2, -0.15) is 0 Å². The van der Waals surface area contributed by atoms with E-state index in [1.54, 1.807) is 17.0 Å². The molecule has 1 unspecified atom stereocenters. The topological polar surface area (TPSA) is 80.9 Å². The summed E-state index contributed by atoms with van der Waals surface area (Å²) < 4.78 is 5.79. The summed E-state index contributed by atoms with van der Waals surface area (Å²) >= 11 is 5.27. The third-order valence-corrected chi connectivity index (χ3v) is 4.10. The summed E-state index contributed by atoms with van der Waals surface area (Å²) in [5, 5.41) is 17.3. The van der Waals surface area contributed by atoms with E-state index < -0.39 is 4.92 Å². The second-order valence-electron chi connectivity index (χ2n) is 6.43. The van der Waals surface area contributed by atoms with E-state index in [1.807, 2.05) is 0 Å². The monoisotopic (exact) mass is 353 g/mol. The highest BCUT2D eigenvalue weighted by Gasteiger charge is 2.24. The zero-order chi connectivity index (χ0) is 17.5. The number of morpholine rings is 1. The van der Waals surface area contributed by atoms with Gasteiger partial charge < -0.3 is 20.3 Å². The molecule has 8 heteroatoms. The van der Waals surface area contributed by atoms with E-state index in [4.69, 9.17) is 17.0 Å². The zero-order valence-electron chi connectivity index (χ0n) is 14.1. The summed E-state index contributed by atoms with van der Waals surface area (Å²) in [6, 6.07) is 6.17. The van der Waals surface area contributed by atoms with Crippen LogP contribution in [0.4, 0.5) is 11.4 Å². The number of rotatable bonds is 6. The number of nitro groups is 1. The zero-order valence-corrected chi connectivity index (χ0v) is 14.9. The van der Waals surface area contributed by atoms with E-state index in [-0.39, 0.29) is 11.8 Å². The van der Waals surface area contributed by atoms with Crippen molar-refractivity contribution in [2.24, 2.45) is 5.92 Å². The highest BCUT2D eigenvalue weighted by molar-refractivity contribution is 7.80. The van der Waals surface area contributed by atoms with Crippen LogP contribution in [0.5, 0.6) is 0 Å². The molecule has 2 rings (SSSR count). The summed E-state index contributed by atoms with van der Waals surface area (Å²) in [6.45, 7) is 9.09. The van der Waals surface area contributed by atoms with E-state index in [0.29, 0.717) is 17.6 Å². The van der Waals surface area contributed by atoms with Crippen molar-refractivity contribution in [2.45, 2.75) is 20.0 Å². The van der Waals surface area contributed by atoms with Crippen LogP contribution in [0, 0.1) is 16.0 Å². The molecule has 3 N–H and O–H groups in total. The number of hydrogen-bond donors (Lipinski definition) is 3. The number of non-ortho nitro benzene ring substituents is 1. The van der Waals surface area contributed by atoms with Gasteiger partial charge in [0.2, 0.25) is 0 Å². The number of nitrogens with zero attached hydrogens (tertiary/aromatic N) is 1. The van der Waals surface area contributed by atoms with Gasteiger partial charge in [-0.05, 0) is 24.4 Å². The fourth-order valence-electron chi connectivity index (χ4n) is 2.80. The second kappa shape index (κ2) is 8.91. The molecule has 1 saturated heterocycles. The van der Waals surface area contributed by atoms with Gasteiger partial charge in [0, 0.05) is 30.3 Å². The van der Waals surface area contributed by atoms with E-state index in [9.17, 15) is 10.1 Å². The first kappa shape index (κ1) is 18.6. The largest absolute Gasteiger partial charge is 0.365 e. The van der Waals surface area contributed by atoms with Gasteiger partial charge >= 0.3 is 0 Å². The predicted molar refractivity (Wildman–Crippen MR) is 97.5 cm³/mol. The first-order chi connectivity index (χ1) is 11.4. The van der Waals surface area contributed by atoms with Gasteiger partial charge in [0.25, 0.3) is 5.69 Å². The molecule has 1 heterocycles. The Balaban J connectivity index is 1.75. The lowest BCUT2D eigenvalue weighted by Crippen LogP contribution is -3.15. The number of nitro benzene ring substituents is 1. The Hall–Kier alpha value is -1.77. The fourth-order valence-corrected chi connectivity index (χ4v) is 3.00. The predicted octanol–water partition coefficient (Wildman–Crippen LogP) is 0.821. The molecule has 132 valence electrons. The Morgan fingerprint density at radius 2 is 2.17 bits per heavy atom. The minimum absolute atomic E-state index is 0.0586. The van der Waals surface area contributed by atoms with Gasteiger partial charge in [-0.1, -0.05) is 13.8 Å². The Bertz CT molecular complexity index is 565. The molecule has 0 saturated carbocycles. The average Bonchev–Trinajstić information content (AvgIpc) is 2.53. The molecular formula is C16H25N4O3S+. The SMILES string of the molecule is CC(C)C[NH+]1CCO[C@H](CNC(=S)Nc2ccc([N+](=O)[O-])cc2)C1. The van der Waals surface area contributed by atoms with Crippen LogP contribution >= 0.6 is 12.2 Å². The first-order valence-corrected chi connectivity index (χ1v) is 8.59. The van der Waals surface area contributed by atoms with Crippen molar-refractivity contribution in [1.29, 1.82) is 0 Å². The lowest BCUT2D eigenvalue weighted by molar-refractivity contribution is -0.914. The van der Waals surface area contributed by atoms with E-state index in [1.165, 1.54) is 12.1 Å². The summed E-state index contributed by atoms with van der Waals surface area (Å²) in [6.07, 6.45) is 0.143. The van der Waals surface area contributed by atoms with Crippen LogP contribution in [0.15, 0.2) is 24.3 Å². The molecule has 0 aromatic heterocycles. The number of nitrogens with one attached hydrogen (secondary N) is 3. The summed E-state index contributed by atoms with van der Waals surface area (Å²) in [4.78, 5) is 11.8. The molecule has 0 radical (unpaired) electrons. The van der Waals surface area contributed by atoms with Gasteiger partial charge in [-0.15, -0.1) is 0 Å².